The lowest BCUT2D eigenvalue weighted by atomic mass is 10.3. The third-order valence-corrected chi connectivity index (χ3v) is 5.95. The maximum Gasteiger partial charge on any atom is 0.243 e. The predicted octanol–water partition coefficient (Wildman–Crippen LogP) is 2.01. The number of sulfonamides is 1. The minimum Gasteiger partial charge on any atom is -0.301 e. The minimum absolute atomic E-state index is 0.400. The van der Waals surface area contributed by atoms with Gasteiger partial charge < -0.3 is 4.90 Å². The largest absolute Gasteiger partial charge is 0.301 e. The van der Waals surface area contributed by atoms with Crippen LogP contribution in [0.15, 0.2) is 29.2 Å². The van der Waals surface area contributed by atoms with Crippen LogP contribution in [0.1, 0.15) is 13.3 Å². The van der Waals surface area contributed by atoms with Gasteiger partial charge in [0.25, 0.3) is 0 Å². The van der Waals surface area contributed by atoms with E-state index in [4.69, 9.17) is 0 Å². The molecule has 0 radical (unpaired) electrons. The first-order valence-electron chi connectivity index (χ1n) is 6.52. The Morgan fingerprint density at radius 1 is 1.11 bits per heavy atom. The number of benzene rings is 1. The van der Waals surface area contributed by atoms with Gasteiger partial charge in [-0.2, -0.15) is 4.31 Å². The zero-order chi connectivity index (χ0) is 13.9. The quantitative estimate of drug-likeness (QED) is 0.734. The molecule has 1 aromatic carbocycles. The molecule has 0 spiro atoms. The van der Waals surface area contributed by atoms with Crippen molar-refractivity contribution in [3.05, 3.63) is 27.8 Å². The van der Waals surface area contributed by atoms with Gasteiger partial charge in [-0.3, -0.25) is 0 Å². The topological polar surface area (TPSA) is 40.6 Å². The fourth-order valence-electron chi connectivity index (χ4n) is 2.27. The highest BCUT2D eigenvalue weighted by molar-refractivity contribution is 14.1. The lowest BCUT2D eigenvalue weighted by Gasteiger charge is -2.33. The molecule has 0 bridgehead atoms. The highest BCUT2D eigenvalue weighted by Crippen LogP contribution is 2.18. The van der Waals surface area contributed by atoms with Crippen molar-refractivity contribution in [3.63, 3.8) is 0 Å². The molecule has 1 aliphatic heterocycles. The minimum atomic E-state index is -3.31. The van der Waals surface area contributed by atoms with Crippen LogP contribution in [0.3, 0.4) is 0 Å². The number of nitrogens with zero attached hydrogens (tertiary/aromatic N) is 2. The molecule has 106 valence electrons. The first-order chi connectivity index (χ1) is 9.04. The zero-order valence-corrected chi connectivity index (χ0v) is 14.0. The van der Waals surface area contributed by atoms with Crippen molar-refractivity contribution in [2.45, 2.75) is 18.2 Å². The molecular formula is C13H19IN2O2S. The molecule has 0 unspecified atom stereocenters. The second-order valence-corrected chi connectivity index (χ2v) is 7.88. The molecule has 0 amide bonds. The van der Waals surface area contributed by atoms with E-state index < -0.39 is 10.0 Å². The molecule has 6 heteroatoms. The second kappa shape index (κ2) is 6.51. The molecule has 0 aromatic heterocycles. The summed E-state index contributed by atoms with van der Waals surface area (Å²) in [4.78, 5) is 2.72. The van der Waals surface area contributed by atoms with Gasteiger partial charge in [-0.15, -0.1) is 0 Å². The summed E-state index contributed by atoms with van der Waals surface area (Å²) in [6.07, 6.45) is 1.11. The maximum atomic E-state index is 12.5. The predicted molar refractivity (Wildman–Crippen MR) is 84.6 cm³/mol. The van der Waals surface area contributed by atoms with E-state index >= 15 is 0 Å². The summed E-state index contributed by atoms with van der Waals surface area (Å²) >= 11 is 2.18. The number of halogens is 1. The Balaban J connectivity index is 2.07. The Morgan fingerprint density at radius 3 is 2.21 bits per heavy atom. The van der Waals surface area contributed by atoms with Crippen LogP contribution in [0.25, 0.3) is 0 Å². The van der Waals surface area contributed by atoms with E-state index in [0.29, 0.717) is 18.0 Å². The summed E-state index contributed by atoms with van der Waals surface area (Å²) in [5.41, 5.74) is 0. The molecule has 0 atom stereocenters. The highest BCUT2D eigenvalue weighted by Gasteiger charge is 2.27. The lowest BCUT2D eigenvalue weighted by molar-refractivity contribution is 0.188. The number of hydrogen-bond donors (Lipinski definition) is 0. The van der Waals surface area contributed by atoms with E-state index in [9.17, 15) is 8.42 Å². The van der Waals surface area contributed by atoms with Crippen LogP contribution >= 0.6 is 22.6 Å². The average molecular weight is 394 g/mol. The van der Waals surface area contributed by atoms with E-state index in [1.807, 2.05) is 12.1 Å². The van der Waals surface area contributed by atoms with Gasteiger partial charge in [-0.25, -0.2) is 8.42 Å². The van der Waals surface area contributed by atoms with Gasteiger partial charge >= 0.3 is 0 Å². The summed E-state index contributed by atoms with van der Waals surface area (Å²) in [5, 5.41) is 0. The molecule has 1 aliphatic rings. The lowest BCUT2D eigenvalue weighted by Crippen LogP contribution is -2.48. The van der Waals surface area contributed by atoms with Crippen LogP contribution < -0.4 is 0 Å². The Labute approximate surface area is 129 Å². The monoisotopic (exact) mass is 394 g/mol. The Kier molecular flexibility index (Phi) is 5.22. The van der Waals surface area contributed by atoms with Crippen molar-refractivity contribution in [2.75, 3.05) is 32.7 Å². The average Bonchev–Trinajstić information content (AvgIpc) is 2.40. The van der Waals surface area contributed by atoms with Gasteiger partial charge in [-0.05, 0) is 59.8 Å². The third-order valence-electron chi connectivity index (χ3n) is 3.32. The SMILES string of the molecule is CCCN1CCN(S(=O)(=O)c2ccc(I)cc2)CC1. The second-order valence-electron chi connectivity index (χ2n) is 4.70. The third kappa shape index (κ3) is 3.68. The van der Waals surface area contributed by atoms with Gasteiger partial charge in [-0.1, -0.05) is 6.92 Å². The highest BCUT2D eigenvalue weighted by atomic mass is 127. The van der Waals surface area contributed by atoms with Gasteiger partial charge in [0, 0.05) is 29.7 Å². The molecule has 0 N–H and O–H groups in total. The van der Waals surface area contributed by atoms with Crippen molar-refractivity contribution in [1.82, 2.24) is 9.21 Å². The number of hydrogen-bond acceptors (Lipinski definition) is 3. The normalized spacial score (nSPS) is 18.6. The Morgan fingerprint density at radius 2 is 1.68 bits per heavy atom. The Bertz CT molecular complexity index is 508. The van der Waals surface area contributed by atoms with Crippen LogP contribution in [-0.2, 0) is 10.0 Å². The van der Waals surface area contributed by atoms with E-state index in [0.717, 1.165) is 29.6 Å². The molecular weight excluding hydrogens is 375 g/mol. The van der Waals surface area contributed by atoms with Crippen LogP contribution in [0, 0.1) is 3.57 Å². The summed E-state index contributed by atoms with van der Waals surface area (Å²) in [5.74, 6) is 0. The summed E-state index contributed by atoms with van der Waals surface area (Å²) in [6.45, 7) is 6.05. The van der Waals surface area contributed by atoms with Crippen molar-refractivity contribution >= 4 is 32.6 Å². The van der Waals surface area contributed by atoms with E-state index in [2.05, 4.69) is 34.4 Å². The fourth-order valence-corrected chi connectivity index (χ4v) is 4.05. The zero-order valence-electron chi connectivity index (χ0n) is 11.0. The molecule has 4 nitrogen and oxygen atoms in total. The first-order valence-corrected chi connectivity index (χ1v) is 9.04. The van der Waals surface area contributed by atoms with Crippen LogP contribution in [0.4, 0.5) is 0 Å². The molecule has 0 saturated carbocycles. The summed E-state index contributed by atoms with van der Waals surface area (Å²) < 4.78 is 27.6. The van der Waals surface area contributed by atoms with Gasteiger partial charge in [0.15, 0.2) is 0 Å². The Hall–Kier alpha value is -0.180. The number of piperazine rings is 1. The number of rotatable bonds is 4. The standard InChI is InChI=1S/C13H19IN2O2S/c1-2-7-15-8-10-16(11-9-15)19(17,18)13-5-3-12(14)4-6-13/h3-6H,2,7-11H2,1H3. The molecule has 1 aromatic rings. The van der Waals surface area contributed by atoms with E-state index in [-0.39, 0.29) is 0 Å². The summed E-state index contributed by atoms with van der Waals surface area (Å²) in [7, 11) is -3.31. The van der Waals surface area contributed by atoms with Crippen molar-refractivity contribution in [2.24, 2.45) is 0 Å². The molecule has 1 fully saturated rings. The van der Waals surface area contributed by atoms with Crippen molar-refractivity contribution < 1.29 is 8.42 Å². The van der Waals surface area contributed by atoms with Crippen LogP contribution in [0.2, 0.25) is 0 Å². The summed E-state index contributed by atoms with van der Waals surface area (Å²) in [6, 6.07) is 7.05. The molecule has 2 rings (SSSR count). The smallest absolute Gasteiger partial charge is 0.243 e. The van der Waals surface area contributed by atoms with Crippen LogP contribution in [-0.4, -0.2) is 50.3 Å². The molecule has 1 heterocycles. The van der Waals surface area contributed by atoms with Crippen molar-refractivity contribution in [3.8, 4) is 0 Å². The molecule has 19 heavy (non-hydrogen) atoms. The molecule has 0 aliphatic carbocycles. The van der Waals surface area contributed by atoms with Gasteiger partial charge in [0.2, 0.25) is 10.0 Å². The van der Waals surface area contributed by atoms with Crippen LogP contribution in [0.5, 0.6) is 0 Å². The van der Waals surface area contributed by atoms with E-state index in [1.165, 1.54) is 0 Å². The molecule has 1 saturated heterocycles. The maximum absolute atomic E-state index is 12.5. The van der Waals surface area contributed by atoms with Gasteiger partial charge in [0.05, 0.1) is 4.90 Å². The first kappa shape index (κ1) is 15.2. The fraction of sp³-hybridized carbons (Fsp3) is 0.538. The van der Waals surface area contributed by atoms with E-state index in [1.54, 1.807) is 16.4 Å². The van der Waals surface area contributed by atoms with Crippen molar-refractivity contribution in [1.29, 1.82) is 0 Å². The van der Waals surface area contributed by atoms with Gasteiger partial charge in [0.1, 0.15) is 0 Å².